The lowest BCUT2D eigenvalue weighted by Crippen LogP contribution is -2.32. The van der Waals surface area contributed by atoms with E-state index in [-0.39, 0.29) is 0 Å². The molecule has 0 unspecified atom stereocenters. The fraction of sp³-hybridized carbons (Fsp3) is 0.464. The predicted octanol–water partition coefficient (Wildman–Crippen LogP) is 4.72. The van der Waals surface area contributed by atoms with Crippen LogP contribution in [0.2, 0.25) is 0 Å². The van der Waals surface area contributed by atoms with Gasteiger partial charge in [-0.25, -0.2) is 9.97 Å². The largest absolute Gasteiger partial charge is 0.373 e. The summed E-state index contributed by atoms with van der Waals surface area (Å²) in [5.74, 6) is -0.444. The van der Waals surface area contributed by atoms with E-state index in [9.17, 15) is 4.79 Å². The smallest absolute Gasteiger partial charge is 0.253 e. The number of fused-ring (bicyclic) bond motifs is 2. The summed E-state index contributed by atoms with van der Waals surface area (Å²) in [6.45, 7) is 4.09. The lowest BCUT2D eigenvalue weighted by molar-refractivity contribution is 0.100. The number of carbonyl (C=O) groups excluding carboxylic acids is 1. The number of benzene rings is 2. The van der Waals surface area contributed by atoms with Crippen molar-refractivity contribution in [2.75, 3.05) is 38.1 Å². The first-order valence-electron chi connectivity index (χ1n) is 13.3. The highest BCUT2D eigenvalue weighted by Crippen LogP contribution is 2.37. The van der Waals surface area contributed by atoms with Crippen LogP contribution in [0.1, 0.15) is 61.3 Å². The number of likely N-dealkylation sites (N-methyl/N-ethyl adjacent to an activating group) is 1. The second-order valence-electron chi connectivity index (χ2n) is 10.4. The monoisotopic (exact) mass is 485 g/mol. The number of primary amides is 1. The van der Waals surface area contributed by atoms with E-state index in [1.165, 1.54) is 50.5 Å². The molecular formula is C28H35N7O. The van der Waals surface area contributed by atoms with Crippen molar-refractivity contribution in [3.63, 3.8) is 0 Å². The molecule has 4 aromatic rings. The molecule has 8 heteroatoms. The third-order valence-electron chi connectivity index (χ3n) is 8.14. The molecule has 1 aliphatic carbocycles. The van der Waals surface area contributed by atoms with E-state index < -0.39 is 5.91 Å². The second-order valence-corrected chi connectivity index (χ2v) is 10.4. The minimum Gasteiger partial charge on any atom is -0.373 e. The third-order valence-corrected chi connectivity index (χ3v) is 8.14. The van der Waals surface area contributed by atoms with Crippen molar-refractivity contribution in [2.45, 2.75) is 51.0 Å². The van der Waals surface area contributed by atoms with Gasteiger partial charge in [0, 0.05) is 31.7 Å². The van der Waals surface area contributed by atoms with E-state index in [2.05, 4.69) is 48.6 Å². The summed E-state index contributed by atoms with van der Waals surface area (Å²) in [5.41, 5.74) is 12.9. The molecule has 2 aromatic heterocycles. The maximum Gasteiger partial charge on any atom is 0.253 e. The van der Waals surface area contributed by atoms with Crippen molar-refractivity contribution in [1.29, 1.82) is 0 Å². The van der Waals surface area contributed by atoms with E-state index in [0.29, 0.717) is 17.1 Å². The van der Waals surface area contributed by atoms with Crippen LogP contribution >= 0.6 is 0 Å². The van der Waals surface area contributed by atoms with Crippen LogP contribution < -0.4 is 10.6 Å². The number of anilines is 1. The number of aromatic nitrogens is 4. The van der Waals surface area contributed by atoms with E-state index in [1.54, 1.807) is 6.33 Å². The summed E-state index contributed by atoms with van der Waals surface area (Å²) in [6, 6.07) is 9.11. The highest BCUT2D eigenvalue weighted by Gasteiger charge is 2.23. The van der Waals surface area contributed by atoms with Gasteiger partial charge in [-0.3, -0.25) is 4.79 Å². The molecule has 1 amide bonds. The molecule has 8 nitrogen and oxygen atoms in total. The van der Waals surface area contributed by atoms with Crippen LogP contribution in [0.3, 0.4) is 0 Å². The van der Waals surface area contributed by atoms with Crippen molar-refractivity contribution < 1.29 is 4.79 Å². The Morgan fingerprint density at radius 3 is 2.69 bits per heavy atom. The van der Waals surface area contributed by atoms with Crippen molar-refractivity contribution in [2.24, 2.45) is 5.73 Å². The van der Waals surface area contributed by atoms with Gasteiger partial charge in [-0.2, -0.15) is 0 Å². The van der Waals surface area contributed by atoms with Gasteiger partial charge in [0.05, 0.1) is 46.0 Å². The van der Waals surface area contributed by atoms with Crippen molar-refractivity contribution in [3.8, 4) is 11.1 Å². The highest BCUT2D eigenvalue weighted by molar-refractivity contribution is 6.13. The fourth-order valence-corrected chi connectivity index (χ4v) is 6.13. The Morgan fingerprint density at radius 1 is 1.11 bits per heavy atom. The third kappa shape index (κ3) is 4.13. The molecule has 3 heterocycles. The fourth-order valence-electron chi connectivity index (χ4n) is 6.13. The molecule has 1 saturated carbocycles. The average Bonchev–Trinajstić information content (AvgIpc) is 3.67. The number of hydrogen-bond acceptors (Lipinski definition) is 5. The summed E-state index contributed by atoms with van der Waals surface area (Å²) in [5, 5.41) is 0. The van der Waals surface area contributed by atoms with Gasteiger partial charge < -0.3 is 25.1 Å². The topological polar surface area (TPSA) is 96.1 Å². The molecule has 0 radical (unpaired) electrons. The molecule has 0 atom stereocenters. The summed E-state index contributed by atoms with van der Waals surface area (Å²) >= 11 is 0. The van der Waals surface area contributed by atoms with Gasteiger partial charge in [0.15, 0.2) is 0 Å². The van der Waals surface area contributed by atoms with Crippen LogP contribution in [0.25, 0.3) is 33.2 Å². The van der Waals surface area contributed by atoms with Crippen LogP contribution in [-0.4, -0.2) is 63.6 Å². The Bertz CT molecular complexity index is 1390. The molecule has 2 aromatic carbocycles. The highest BCUT2D eigenvalue weighted by atomic mass is 16.1. The summed E-state index contributed by atoms with van der Waals surface area (Å²) in [4.78, 5) is 29.8. The molecule has 1 aliphatic heterocycles. The SMILES string of the molecule is CN(CCN1CCCC1)c1cc(-c2ccc3c(c2)ncn3C2CCCCC2)c2nc[nH]c2c1C(N)=O. The van der Waals surface area contributed by atoms with Crippen LogP contribution in [0.5, 0.6) is 0 Å². The maximum atomic E-state index is 12.6. The Hall–Kier alpha value is -3.39. The quantitative estimate of drug-likeness (QED) is 0.395. The number of H-pyrrole nitrogens is 1. The number of imidazole rings is 2. The van der Waals surface area contributed by atoms with Gasteiger partial charge in [0.1, 0.15) is 0 Å². The van der Waals surface area contributed by atoms with E-state index in [4.69, 9.17) is 10.7 Å². The zero-order chi connectivity index (χ0) is 24.6. The van der Waals surface area contributed by atoms with Gasteiger partial charge in [0.2, 0.25) is 0 Å². The van der Waals surface area contributed by atoms with Crippen LogP contribution in [-0.2, 0) is 0 Å². The Morgan fingerprint density at radius 2 is 1.92 bits per heavy atom. The molecular weight excluding hydrogens is 450 g/mol. The average molecular weight is 486 g/mol. The normalized spacial score (nSPS) is 17.4. The molecule has 3 N–H and O–H groups in total. The summed E-state index contributed by atoms with van der Waals surface area (Å²) < 4.78 is 2.36. The van der Waals surface area contributed by atoms with Gasteiger partial charge in [-0.15, -0.1) is 0 Å². The summed E-state index contributed by atoms with van der Waals surface area (Å²) in [7, 11) is 2.04. The zero-order valence-electron chi connectivity index (χ0n) is 21.0. The number of likely N-dealkylation sites (tertiary alicyclic amines) is 1. The first kappa shape index (κ1) is 23.0. The number of nitrogens with one attached hydrogen (secondary N) is 1. The molecule has 1 saturated heterocycles. The van der Waals surface area contributed by atoms with Crippen molar-refractivity contribution in [1.82, 2.24) is 24.4 Å². The molecule has 6 rings (SSSR count). The molecule has 2 fully saturated rings. The maximum absolute atomic E-state index is 12.6. The molecule has 0 bridgehead atoms. The molecule has 36 heavy (non-hydrogen) atoms. The first-order valence-corrected chi connectivity index (χ1v) is 13.3. The van der Waals surface area contributed by atoms with Crippen LogP contribution in [0.4, 0.5) is 5.69 Å². The number of rotatable bonds is 7. The minimum atomic E-state index is -0.444. The predicted molar refractivity (Wildman–Crippen MR) is 144 cm³/mol. The van der Waals surface area contributed by atoms with E-state index >= 15 is 0 Å². The van der Waals surface area contributed by atoms with Crippen molar-refractivity contribution >= 4 is 33.7 Å². The Kier molecular flexibility index (Phi) is 6.13. The van der Waals surface area contributed by atoms with Gasteiger partial charge in [-0.05, 0) is 62.5 Å². The zero-order valence-corrected chi connectivity index (χ0v) is 21.0. The van der Waals surface area contributed by atoms with Crippen LogP contribution in [0, 0.1) is 0 Å². The molecule has 2 aliphatic rings. The number of nitrogens with zero attached hydrogens (tertiary/aromatic N) is 5. The standard InChI is InChI=1S/C28H35N7O/c1-33(13-14-34-11-5-6-12-34)24-16-21(26-27(31-17-30-26)25(24)28(29)36)19-9-10-23-22(15-19)32-18-35(23)20-7-3-2-4-8-20/h9-10,15-18,20H,2-8,11-14H2,1H3,(H2,29,36)(H,30,31). The number of hydrogen-bond donors (Lipinski definition) is 2. The Balaban J connectivity index is 1.40. The minimum absolute atomic E-state index is 0.444. The van der Waals surface area contributed by atoms with Crippen LogP contribution in [0.15, 0.2) is 36.9 Å². The van der Waals surface area contributed by atoms with E-state index in [0.717, 1.165) is 54.0 Å². The lowest BCUT2D eigenvalue weighted by Gasteiger charge is -2.25. The van der Waals surface area contributed by atoms with E-state index in [1.807, 2.05) is 13.4 Å². The number of carbonyl (C=O) groups is 1. The molecule has 0 spiro atoms. The van der Waals surface area contributed by atoms with Gasteiger partial charge in [0.25, 0.3) is 5.91 Å². The van der Waals surface area contributed by atoms with Gasteiger partial charge in [-0.1, -0.05) is 25.3 Å². The summed E-state index contributed by atoms with van der Waals surface area (Å²) in [6.07, 6.45) is 12.5. The van der Waals surface area contributed by atoms with Crippen molar-refractivity contribution in [3.05, 3.63) is 42.5 Å². The molecule has 188 valence electrons. The first-order chi connectivity index (χ1) is 17.6. The Labute approximate surface area is 211 Å². The number of amides is 1. The van der Waals surface area contributed by atoms with Gasteiger partial charge >= 0.3 is 0 Å². The lowest BCUT2D eigenvalue weighted by atomic mass is 9.95. The number of nitrogens with two attached hydrogens (primary N) is 1. The number of aromatic amines is 1. The second kappa shape index (κ2) is 9.58.